The van der Waals surface area contributed by atoms with Gasteiger partial charge in [-0.05, 0) is 19.9 Å². The van der Waals surface area contributed by atoms with Gasteiger partial charge in [-0.25, -0.2) is 9.59 Å². The van der Waals surface area contributed by atoms with E-state index in [0.29, 0.717) is 6.61 Å². The summed E-state index contributed by atoms with van der Waals surface area (Å²) >= 11 is 0. The number of carbonyl (C=O) groups excluding carboxylic acids is 2. The number of unbranched alkanes of at least 4 members (excludes halogenated alkanes) is 15. The second-order valence-corrected chi connectivity index (χ2v) is 8.03. The first-order chi connectivity index (χ1) is 14.0. The van der Waals surface area contributed by atoms with E-state index < -0.39 is 11.9 Å². The van der Waals surface area contributed by atoms with Crippen molar-refractivity contribution < 1.29 is 19.1 Å². The van der Waals surface area contributed by atoms with E-state index in [9.17, 15) is 9.59 Å². The minimum absolute atomic E-state index is 0.219. The van der Waals surface area contributed by atoms with E-state index in [0.717, 1.165) is 12.8 Å². The quantitative estimate of drug-likeness (QED) is 0.0910. The molecule has 0 aromatic rings. The minimum Gasteiger partial charge on any atom is -0.460 e. The van der Waals surface area contributed by atoms with Gasteiger partial charge in [0.25, 0.3) is 0 Å². The molecule has 0 fully saturated rings. The Kier molecular flexibility index (Phi) is 18.6. The number of hydrogen-bond donors (Lipinski definition) is 0. The summed E-state index contributed by atoms with van der Waals surface area (Å²) in [6, 6.07) is 0. The Morgan fingerprint density at radius 3 is 1.38 bits per heavy atom. The van der Waals surface area contributed by atoms with Crippen molar-refractivity contribution in [3.8, 4) is 0 Å². The summed E-state index contributed by atoms with van der Waals surface area (Å²) in [5.74, 6) is -1.62. The number of hydrogen-bond acceptors (Lipinski definition) is 4. The number of carbonyl (C=O) groups is 2. The van der Waals surface area contributed by atoms with Gasteiger partial charge < -0.3 is 9.47 Å². The van der Waals surface area contributed by atoms with Crippen LogP contribution in [0.5, 0.6) is 0 Å². The third kappa shape index (κ3) is 18.2. The van der Waals surface area contributed by atoms with Crippen LogP contribution in [-0.2, 0) is 19.1 Å². The Morgan fingerprint density at radius 2 is 1.00 bits per heavy atom. The van der Waals surface area contributed by atoms with Gasteiger partial charge >= 0.3 is 11.9 Å². The normalized spacial score (nSPS) is 10.6. The van der Waals surface area contributed by atoms with Crippen molar-refractivity contribution in [2.75, 3.05) is 6.61 Å². The Balaban J connectivity index is 3.31. The van der Waals surface area contributed by atoms with Crippen LogP contribution in [0.25, 0.3) is 0 Å². The third-order valence-corrected chi connectivity index (χ3v) is 5.02. The average molecular weight is 409 g/mol. The topological polar surface area (TPSA) is 52.6 Å². The van der Waals surface area contributed by atoms with Crippen LogP contribution >= 0.6 is 0 Å². The monoisotopic (exact) mass is 408 g/mol. The molecule has 0 N–H and O–H groups in total. The lowest BCUT2D eigenvalue weighted by atomic mass is 10.0. The fraction of sp³-hybridized carbons (Fsp3) is 0.760. The van der Waals surface area contributed by atoms with Crippen LogP contribution in [0.4, 0.5) is 0 Å². The number of rotatable bonds is 20. The summed E-state index contributed by atoms with van der Waals surface area (Å²) in [5, 5.41) is 0. The first-order valence-electron chi connectivity index (χ1n) is 11.7. The summed E-state index contributed by atoms with van der Waals surface area (Å²) in [6.45, 7) is 11.0. The summed E-state index contributed by atoms with van der Waals surface area (Å²) in [7, 11) is 0. The highest BCUT2D eigenvalue weighted by molar-refractivity contribution is 5.93. The molecule has 168 valence electrons. The van der Waals surface area contributed by atoms with Crippen LogP contribution in [0, 0.1) is 0 Å². The van der Waals surface area contributed by atoms with Gasteiger partial charge in [0, 0.05) is 5.57 Å². The van der Waals surface area contributed by atoms with Crippen molar-refractivity contribution in [2.45, 2.75) is 117 Å². The molecule has 29 heavy (non-hydrogen) atoms. The summed E-state index contributed by atoms with van der Waals surface area (Å²) in [5.41, 5.74) is 0.219. The molecule has 0 aliphatic heterocycles. The summed E-state index contributed by atoms with van der Waals surface area (Å²) in [6.07, 6.45) is 20.9. The lowest BCUT2D eigenvalue weighted by Gasteiger charge is -2.07. The molecular weight excluding hydrogens is 364 g/mol. The predicted octanol–water partition coefficient (Wildman–Crippen LogP) is 7.42. The maximum atomic E-state index is 11.6. The zero-order valence-corrected chi connectivity index (χ0v) is 19.1. The second-order valence-electron chi connectivity index (χ2n) is 8.03. The first kappa shape index (κ1) is 27.4. The van der Waals surface area contributed by atoms with Gasteiger partial charge in [-0.2, -0.15) is 0 Å². The molecule has 0 atom stereocenters. The lowest BCUT2D eigenvalue weighted by molar-refractivity contribution is -0.149. The smallest absolute Gasteiger partial charge is 0.373 e. The van der Waals surface area contributed by atoms with E-state index >= 15 is 0 Å². The van der Waals surface area contributed by atoms with Crippen molar-refractivity contribution in [1.82, 2.24) is 0 Å². The zero-order chi connectivity index (χ0) is 21.7. The Morgan fingerprint density at radius 1 is 0.621 bits per heavy atom. The van der Waals surface area contributed by atoms with E-state index in [4.69, 9.17) is 9.47 Å². The maximum Gasteiger partial charge on any atom is 0.373 e. The highest BCUT2D eigenvalue weighted by atomic mass is 16.6. The van der Waals surface area contributed by atoms with Crippen LogP contribution < -0.4 is 0 Å². The first-order valence-corrected chi connectivity index (χ1v) is 11.7. The van der Waals surface area contributed by atoms with Gasteiger partial charge in [-0.1, -0.05) is 110 Å². The highest BCUT2D eigenvalue weighted by Gasteiger charge is 2.14. The molecule has 0 saturated heterocycles. The van der Waals surface area contributed by atoms with E-state index in [1.54, 1.807) is 0 Å². The van der Waals surface area contributed by atoms with Gasteiger partial charge in [0.2, 0.25) is 5.76 Å². The molecule has 0 rings (SSSR count). The van der Waals surface area contributed by atoms with Gasteiger partial charge in [-0.15, -0.1) is 0 Å². The minimum atomic E-state index is -0.680. The Bertz CT molecular complexity index is 467. The number of ether oxygens (including phenoxy) is 2. The van der Waals surface area contributed by atoms with E-state index in [-0.39, 0.29) is 11.3 Å². The standard InChI is InChI=1S/C25H44O4/c1-5-6-7-8-9-10-11-12-13-14-15-16-17-18-19-20-21-28-25(27)23(4)29-24(26)22(2)3/h2,4-21H2,1,3H3. The SMILES string of the molecule is C=C(C)C(=O)OC(=C)C(=O)OCCCCCCCCCCCCCCCCCC. The summed E-state index contributed by atoms with van der Waals surface area (Å²) in [4.78, 5) is 22.9. The molecule has 0 unspecified atom stereocenters. The molecule has 4 nitrogen and oxygen atoms in total. The van der Waals surface area contributed by atoms with Crippen LogP contribution in [0.15, 0.2) is 24.5 Å². The van der Waals surface area contributed by atoms with Gasteiger partial charge in [0.15, 0.2) is 0 Å². The van der Waals surface area contributed by atoms with Gasteiger partial charge in [0.1, 0.15) is 0 Å². The summed E-state index contributed by atoms with van der Waals surface area (Å²) < 4.78 is 9.81. The van der Waals surface area contributed by atoms with E-state index in [1.165, 1.54) is 96.8 Å². The van der Waals surface area contributed by atoms with Crippen molar-refractivity contribution >= 4 is 11.9 Å². The van der Waals surface area contributed by atoms with E-state index in [2.05, 4.69) is 20.1 Å². The van der Waals surface area contributed by atoms with Crippen LogP contribution in [-0.4, -0.2) is 18.5 Å². The van der Waals surface area contributed by atoms with Crippen molar-refractivity contribution in [3.05, 3.63) is 24.5 Å². The van der Waals surface area contributed by atoms with Crippen LogP contribution in [0.3, 0.4) is 0 Å². The van der Waals surface area contributed by atoms with Gasteiger partial charge in [-0.3, -0.25) is 0 Å². The van der Waals surface area contributed by atoms with Crippen molar-refractivity contribution in [2.24, 2.45) is 0 Å². The molecule has 0 bridgehead atoms. The highest BCUT2D eigenvalue weighted by Crippen LogP contribution is 2.13. The average Bonchev–Trinajstić information content (AvgIpc) is 2.69. The van der Waals surface area contributed by atoms with E-state index in [1.807, 2.05) is 0 Å². The van der Waals surface area contributed by atoms with Crippen molar-refractivity contribution in [1.29, 1.82) is 0 Å². The fourth-order valence-corrected chi connectivity index (χ4v) is 3.14. The zero-order valence-electron chi connectivity index (χ0n) is 19.1. The van der Waals surface area contributed by atoms with Gasteiger partial charge in [0.05, 0.1) is 6.61 Å². The van der Waals surface area contributed by atoms with Crippen molar-refractivity contribution in [3.63, 3.8) is 0 Å². The fourth-order valence-electron chi connectivity index (χ4n) is 3.14. The lowest BCUT2D eigenvalue weighted by Crippen LogP contribution is -2.14. The molecule has 0 aromatic carbocycles. The number of esters is 2. The van der Waals surface area contributed by atoms with Crippen LogP contribution in [0.1, 0.15) is 117 Å². The molecule has 0 aliphatic carbocycles. The molecule has 0 saturated carbocycles. The molecule has 4 heteroatoms. The Hall–Kier alpha value is -1.58. The third-order valence-electron chi connectivity index (χ3n) is 5.02. The molecule has 0 spiro atoms. The molecule has 0 aliphatic rings. The molecule has 0 amide bonds. The predicted molar refractivity (Wildman–Crippen MR) is 121 cm³/mol. The molecule has 0 radical (unpaired) electrons. The maximum absolute atomic E-state index is 11.6. The Labute approximate surface area is 179 Å². The molecule has 0 heterocycles. The molecule has 0 aromatic heterocycles. The van der Waals surface area contributed by atoms with Crippen LogP contribution in [0.2, 0.25) is 0 Å². The molecular formula is C25H44O4. The second kappa shape index (κ2) is 19.7. The largest absolute Gasteiger partial charge is 0.460 e.